The molecular formula is C64H80O19. The summed E-state index contributed by atoms with van der Waals surface area (Å²) in [6.45, 7) is 15.6. The molecule has 0 bridgehead atoms. The van der Waals surface area contributed by atoms with Gasteiger partial charge in [0, 0.05) is 25.5 Å². The molecule has 1 unspecified atom stereocenters. The summed E-state index contributed by atoms with van der Waals surface area (Å²) in [5.74, 6) is -4.18. The van der Waals surface area contributed by atoms with Crippen LogP contribution in [0.1, 0.15) is 137 Å². The second-order valence-corrected chi connectivity index (χ2v) is 20.8. The van der Waals surface area contributed by atoms with E-state index in [4.69, 9.17) is 47.4 Å². The van der Waals surface area contributed by atoms with Crippen molar-refractivity contribution >= 4 is 53.7 Å². The third-order valence-electron chi connectivity index (χ3n) is 14.6. The van der Waals surface area contributed by atoms with Crippen molar-refractivity contribution in [1.82, 2.24) is 0 Å². The number of esters is 9. The molecule has 3 aromatic rings. The maximum atomic E-state index is 13.5. The van der Waals surface area contributed by atoms with E-state index < -0.39 is 59.5 Å². The second-order valence-electron chi connectivity index (χ2n) is 20.8. The van der Waals surface area contributed by atoms with E-state index >= 15 is 0 Å². The maximum Gasteiger partial charge on any atom is 0.330 e. The van der Waals surface area contributed by atoms with Gasteiger partial charge >= 0.3 is 53.7 Å². The Hall–Kier alpha value is -7.67. The Labute approximate surface area is 486 Å². The van der Waals surface area contributed by atoms with Crippen LogP contribution in [0, 0.1) is 44.4 Å². The largest absolute Gasteiger partial charge is 0.466 e. The van der Waals surface area contributed by atoms with Crippen molar-refractivity contribution < 1.29 is 90.5 Å². The van der Waals surface area contributed by atoms with Crippen LogP contribution in [0.2, 0.25) is 0 Å². The molecule has 0 heterocycles. The number of aryl methyl sites for hydroxylation is 1. The van der Waals surface area contributed by atoms with Gasteiger partial charge in [0.15, 0.2) is 0 Å². The molecule has 0 aromatic heterocycles. The quantitative estimate of drug-likeness (QED) is 0.0137. The molecule has 0 saturated heterocycles. The molecule has 450 valence electrons. The van der Waals surface area contributed by atoms with Gasteiger partial charge in [0.25, 0.3) is 0 Å². The number of hydrogen-bond donors (Lipinski definition) is 0. The van der Waals surface area contributed by atoms with Crippen molar-refractivity contribution in [2.75, 3.05) is 39.6 Å². The zero-order chi connectivity index (χ0) is 60.1. The average Bonchev–Trinajstić information content (AvgIpc) is 3.64. The molecule has 0 radical (unpaired) electrons. The van der Waals surface area contributed by atoms with E-state index in [0.29, 0.717) is 130 Å². The zero-order valence-electron chi connectivity index (χ0n) is 48.4. The molecule has 19 heteroatoms. The smallest absolute Gasteiger partial charge is 0.330 e. The predicted molar refractivity (Wildman–Crippen MR) is 302 cm³/mol. The molecule has 19 nitrogen and oxygen atoms in total. The van der Waals surface area contributed by atoms with Crippen LogP contribution in [0.4, 0.5) is 0 Å². The molecule has 0 amide bonds. The Kier molecular flexibility index (Phi) is 28.2. The van der Waals surface area contributed by atoms with E-state index in [1.807, 2.05) is 6.92 Å². The molecular weight excluding hydrogens is 1070 g/mol. The minimum Gasteiger partial charge on any atom is -0.466 e. The molecule has 3 aromatic carbocycles. The molecule has 83 heavy (non-hydrogen) atoms. The average molecular weight is 1150 g/mol. The van der Waals surface area contributed by atoms with Gasteiger partial charge in [-0.1, -0.05) is 36.9 Å². The van der Waals surface area contributed by atoms with Gasteiger partial charge in [-0.15, -0.1) is 6.58 Å². The van der Waals surface area contributed by atoms with Gasteiger partial charge in [0.2, 0.25) is 0 Å². The van der Waals surface area contributed by atoms with Gasteiger partial charge in [0.05, 0.1) is 88.5 Å². The first-order valence-corrected chi connectivity index (χ1v) is 28.7. The Balaban J connectivity index is 0.933. The van der Waals surface area contributed by atoms with Crippen molar-refractivity contribution in [2.24, 2.45) is 23.7 Å². The second kappa shape index (κ2) is 35.4. The van der Waals surface area contributed by atoms with Crippen molar-refractivity contribution in [3.63, 3.8) is 0 Å². The molecule has 0 spiro atoms. The Bertz CT molecular complexity index is 2680. The summed E-state index contributed by atoms with van der Waals surface area (Å²) in [5, 5.41) is 0. The molecule has 0 N–H and O–H groups in total. The molecule has 5 rings (SSSR count). The SMILES string of the molecule is C=CC(=O)OCCCCOC(=O)CCC(=O)OCCc1ccc(OC(=O)C2CCC(C(=O)Oc3cc(C)c(OC(=O)C4CCC(C(=O)Oc5ccc(CCOC(=O)CCC(=O)OCCCCOC(C)C=C)cc5)CC4)c(C)c3C)CC2)cc1. The Morgan fingerprint density at radius 2 is 0.831 bits per heavy atom. The molecule has 2 aliphatic rings. The third-order valence-corrected chi connectivity index (χ3v) is 14.6. The van der Waals surface area contributed by atoms with Crippen molar-refractivity contribution in [2.45, 2.75) is 149 Å². The van der Waals surface area contributed by atoms with Gasteiger partial charge in [-0.05, 0) is 163 Å². The fourth-order valence-electron chi connectivity index (χ4n) is 9.25. The number of rotatable bonds is 33. The van der Waals surface area contributed by atoms with Gasteiger partial charge in [-0.3, -0.25) is 38.4 Å². The lowest BCUT2D eigenvalue weighted by Crippen LogP contribution is -2.31. The Morgan fingerprint density at radius 1 is 0.470 bits per heavy atom. The van der Waals surface area contributed by atoms with E-state index in [-0.39, 0.29) is 82.7 Å². The number of carbonyl (C=O) groups is 9. The number of unbranched alkanes of at least 4 members (excludes halogenated alkanes) is 2. The highest BCUT2D eigenvalue weighted by Crippen LogP contribution is 2.38. The first kappa shape index (κ1) is 66.1. The number of carbonyl (C=O) groups excluding carboxylic acids is 9. The fourth-order valence-corrected chi connectivity index (χ4v) is 9.25. The molecule has 2 aliphatic carbocycles. The van der Waals surface area contributed by atoms with Crippen molar-refractivity contribution in [1.29, 1.82) is 0 Å². The lowest BCUT2D eigenvalue weighted by Gasteiger charge is -2.27. The van der Waals surface area contributed by atoms with E-state index in [1.165, 1.54) is 0 Å². The number of ether oxygens (including phenoxy) is 10. The first-order valence-electron chi connectivity index (χ1n) is 28.7. The summed E-state index contributed by atoms with van der Waals surface area (Å²) in [6, 6.07) is 15.5. The maximum absolute atomic E-state index is 13.5. The van der Waals surface area contributed by atoms with E-state index in [2.05, 4.69) is 13.2 Å². The number of hydrogen-bond acceptors (Lipinski definition) is 19. The summed E-state index contributed by atoms with van der Waals surface area (Å²) < 4.78 is 54.4. The molecule has 1 atom stereocenters. The van der Waals surface area contributed by atoms with Crippen LogP contribution < -0.4 is 18.9 Å². The van der Waals surface area contributed by atoms with Gasteiger partial charge in [-0.25, -0.2) is 4.79 Å². The highest BCUT2D eigenvalue weighted by molar-refractivity contribution is 5.82. The van der Waals surface area contributed by atoms with Crippen LogP contribution in [-0.4, -0.2) is 99.5 Å². The lowest BCUT2D eigenvalue weighted by molar-refractivity contribution is -0.150. The summed E-state index contributed by atoms with van der Waals surface area (Å²) >= 11 is 0. The number of benzene rings is 3. The van der Waals surface area contributed by atoms with Crippen molar-refractivity contribution in [3.05, 3.63) is 108 Å². The fraction of sp³-hybridized carbons (Fsp3) is 0.516. The summed E-state index contributed by atoms with van der Waals surface area (Å²) in [4.78, 5) is 112. The van der Waals surface area contributed by atoms with Crippen LogP contribution in [0.3, 0.4) is 0 Å². The highest BCUT2D eigenvalue weighted by Gasteiger charge is 2.35. The van der Waals surface area contributed by atoms with Crippen LogP contribution >= 0.6 is 0 Å². The lowest BCUT2D eigenvalue weighted by atomic mass is 9.82. The summed E-state index contributed by atoms with van der Waals surface area (Å²) in [5.41, 5.74) is 3.65. The molecule has 2 saturated carbocycles. The van der Waals surface area contributed by atoms with E-state index in [1.54, 1.807) is 81.4 Å². The highest BCUT2D eigenvalue weighted by atomic mass is 16.6. The predicted octanol–water partition coefficient (Wildman–Crippen LogP) is 9.95. The Morgan fingerprint density at radius 3 is 1.23 bits per heavy atom. The van der Waals surface area contributed by atoms with Gasteiger partial charge in [-0.2, -0.15) is 0 Å². The van der Waals surface area contributed by atoms with Crippen LogP contribution in [0.5, 0.6) is 23.0 Å². The zero-order valence-corrected chi connectivity index (χ0v) is 48.4. The van der Waals surface area contributed by atoms with Gasteiger partial charge < -0.3 is 47.4 Å². The monoisotopic (exact) mass is 1150 g/mol. The van der Waals surface area contributed by atoms with Crippen LogP contribution in [-0.2, 0) is 84.4 Å². The molecule has 0 aliphatic heterocycles. The van der Waals surface area contributed by atoms with Gasteiger partial charge in [0.1, 0.15) is 23.0 Å². The van der Waals surface area contributed by atoms with Crippen LogP contribution in [0.15, 0.2) is 79.9 Å². The van der Waals surface area contributed by atoms with Crippen LogP contribution in [0.25, 0.3) is 0 Å². The minimum atomic E-state index is -0.530. The topological polar surface area (TPSA) is 246 Å². The standard InChI is InChI=1S/C64H80O19/c1-7-43(4)74-35-9-10-37-76-56(66)29-31-58(68)78-39-33-47-15-27-53(28-16-47)81-62(71)49-19-23-51(24-20-49)64(73)83-60-42(3)41-54(44(5)45(60)6)82-63(72)50-21-17-48(18-22-50)61(70)80-52-25-13-46(14-26-52)34-40-79-59(69)32-30-57(67)77-38-12-11-36-75-55(65)8-2/h7-8,13-16,25-28,41,43,48-51H,1-2,9-12,17-24,29-40H2,3-6H3. The third kappa shape index (κ3) is 23.6. The van der Waals surface area contributed by atoms with Crippen molar-refractivity contribution in [3.8, 4) is 23.0 Å². The molecule has 2 fully saturated rings. The summed E-state index contributed by atoms with van der Waals surface area (Å²) in [7, 11) is 0. The minimum absolute atomic E-state index is 0.0268. The summed E-state index contributed by atoms with van der Waals surface area (Å²) in [6.07, 6.45) is 9.22. The van der Waals surface area contributed by atoms with E-state index in [9.17, 15) is 43.2 Å². The van der Waals surface area contributed by atoms with E-state index in [0.717, 1.165) is 23.6 Å². The first-order chi connectivity index (χ1) is 39.9. The normalized spacial score (nSPS) is 16.9.